The van der Waals surface area contributed by atoms with Crippen LogP contribution in [0.5, 0.6) is 0 Å². The Labute approximate surface area is 146 Å². The van der Waals surface area contributed by atoms with Gasteiger partial charge in [0.15, 0.2) is 0 Å². The molecule has 1 fully saturated rings. The van der Waals surface area contributed by atoms with Crippen LogP contribution in [0.1, 0.15) is 23.3 Å². The molecule has 1 heterocycles. The molecule has 0 bridgehead atoms. The summed E-state index contributed by atoms with van der Waals surface area (Å²) in [4.78, 5) is 11.1. The third-order valence-corrected chi connectivity index (χ3v) is 5.82. The molecular formula is C20H13NO5. The van der Waals surface area contributed by atoms with Crippen LogP contribution in [0.15, 0.2) is 42.5 Å². The van der Waals surface area contributed by atoms with E-state index in [1.165, 1.54) is 6.07 Å². The number of hydrogen-bond donors (Lipinski definition) is 2. The van der Waals surface area contributed by atoms with Gasteiger partial charge in [-0.15, -0.1) is 0 Å². The minimum Gasteiger partial charge on any atom is -0.387 e. The Bertz CT molecular complexity index is 1250. The zero-order valence-corrected chi connectivity index (χ0v) is 13.4. The highest BCUT2D eigenvalue weighted by Gasteiger charge is 2.54. The van der Waals surface area contributed by atoms with Gasteiger partial charge in [-0.05, 0) is 50.9 Å². The Hall–Kier alpha value is -2.80. The number of aliphatic hydroxyl groups is 2. The zero-order chi connectivity index (χ0) is 17.7. The van der Waals surface area contributed by atoms with E-state index in [1.54, 1.807) is 12.1 Å². The molecule has 1 saturated heterocycles. The van der Waals surface area contributed by atoms with Crippen molar-refractivity contribution in [1.82, 2.24) is 0 Å². The Morgan fingerprint density at radius 1 is 0.962 bits per heavy atom. The molecule has 0 spiro atoms. The topological polar surface area (TPSA) is 96.1 Å². The standard InChI is InChI=1S/C20H13NO5/c22-17-12-7-9-2-1-8-3-6-13(21(24)25)10-4-5-11(15(9)14(8)10)16(12)19-20(26-19)18(17)23/h1-7,17-20,22-23H/t17-,18+,19-,20+/m1/s1. The van der Waals surface area contributed by atoms with E-state index >= 15 is 0 Å². The molecule has 2 N–H and O–H groups in total. The monoisotopic (exact) mass is 347 g/mol. The molecule has 1 aliphatic carbocycles. The largest absolute Gasteiger partial charge is 0.387 e. The summed E-state index contributed by atoms with van der Waals surface area (Å²) in [5, 5.41) is 37.3. The van der Waals surface area contributed by atoms with E-state index in [4.69, 9.17) is 4.74 Å². The van der Waals surface area contributed by atoms with Gasteiger partial charge >= 0.3 is 0 Å². The number of nitrogens with zero attached hydrogens (tertiary/aromatic N) is 1. The maximum absolute atomic E-state index is 11.4. The van der Waals surface area contributed by atoms with E-state index in [9.17, 15) is 20.3 Å². The minimum absolute atomic E-state index is 0.0839. The summed E-state index contributed by atoms with van der Waals surface area (Å²) in [7, 11) is 0. The summed E-state index contributed by atoms with van der Waals surface area (Å²) in [6.07, 6.45) is -2.54. The van der Waals surface area contributed by atoms with Crippen LogP contribution in [-0.2, 0) is 4.74 Å². The molecule has 4 atom stereocenters. The van der Waals surface area contributed by atoms with Gasteiger partial charge in [0, 0.05) is 11.5 Å². The SMILES string of the molecule is O=[N+]([O-])c1ccc2ccc3cc4c(c5ccc1c2c35)[C@H]1O[C@H]1[C@@H](O)[C@@H]4O. The van der Waals surface area contributed by atoms with Crippen LogP contribution in [0.25, 0.3) is 32.3 Å². The zero-order valence-electron chi connectivity index (χ0n) is 13.4. The van der Waals surface area contributed by atoms with Crippen LogP contribution in [0, 0.1) is 10.1 Å². The fourth-order valence-electron chi connectivity index (χ4n) is 4.61. The number of benzene rings is 4. The molecular weight excluding hydrogens is 334 g/mol. The van der Waals surface area contributed by atoms with E-state index in [-0.39, 0.29) is 22.8 Å². The molecule has 4 aromatic rings. The van der Waals surface area contributed by atoms with E-state index in [1.807, 2.05) is 24.3 Å². The van der Waals surface area contributed by atoms with E-state index in [2.05, 4.69) is 0 Å². The smallest absolute Gasteiger partial charge is 0.277 e. The lowest BCUT2D eigenvalue weighted by atomic mass is 9.81. The molecule has 1 aliphatic heterocycles. The first-order valence-electron chi connectivity index (χ1n) is 8.46. The van der Waals surface area contributed by atoms with Crippen molar-refractivity contribution >= 4 is 38.0 Å². The Kier molecular flexibility index (Phi) is 2.48. The summed E-state index contributed by atoms with van der Waals surface area (Å²) in [6.45, 7) is 0. The maximum Gasteiger partial charge on any atom is 0.277 e. The normalized spacial score (nSPS) is 27.0. The third-order valence-electron chi connectivity index (χ3n) is 5.82. The van der Waals surface area contributed by atoms with Crippen LogP contribution in [0.4, 0.5) is 5.69 Å². The first kappa shape index (κ1) is 14.4. The summed E-state index contributed by atoms with van der Waals surface area (Å²) >= 11 is 0. The summed E-state index contributed by atoms with van der Waals surface area (Å²) in [5.74, 6) is 0. The van der Waals surface area contributed by atoms with Gasteiger partial charge in [0.25, 0.3) is 5.69 Å². The predicted octanol–water partition coefficient (Wildman–Crippen LogP) is 3.34. The van der Waals surface area contributed by atoms with Crippen molar-refractivity contribution in [2.24, 2.45) is 0 Å². The summed E-state index contributed by atoms with van der Waals surface area (Å²) in [5.41, 5.74) is 1.65. The molecule has 0 unspecified atom stereocenters. The number of non-ortho nitro benzene ring substituents is 1. The fourth-order valence-corrected chi connectivity index (χ4v) is 4.61. The lowest BCUT2D eigenvalue weighted by Gasteiger charge is -2.25. The van der Waals surface area contributed by atoms with Gasteiger partial charge in [0.1, 0.15) is 24.4 Å². The number of aliphatic hydroxyl groups excluding tert-OH is 2. The van der Waals surface area contributed by atoms with Gasteiger partial charge in [-0.25, -0.2) is 0 Å². The molecule has 6 rings (SSSR count). The Morgan fingerprint density at radius 2 is 1.65 bits per heavy atom. The summed E-state index contributed by atoms with van der Waals surface area (Å²) < 4.78 is 5.62. The van der Waals surface area contributed by atoms with Crippen LogP contribution < -0.4 is 0 Å². The predicted molar refractivity (Wildman–Crippen MR) is 95.4 cm³/mol. The lowest BCUT2D eigenvalue weighted by Crippen LogP contribution is -2.29. The van der Waals surface area contributed by atoms with Gasteiger partial charge in [0.2, 0.25) is 0 Å². The molecule has 0 aromatic heterocycles. The number of rotatable bonds is 1. The number of hydrogen-bond acceptors (Lipinski definition) is 5. The average Bonchev–Trinajstić information content (AvgIpc) is 3.43. The minimum atomic E-state index is -0.995. The molecule has 6 heteroatoms. The second kappa shape index (κ2) is 4.48. The van der Waals surface area contributed by atoms with Gasteiger partial charge in [0.05, 0.1) is 10.3 Å². The van der Waals surface area contributed by atoms with Gasteiger partial charge in [-0.2, -0.15) is 0 Å². The molecule has 0 radical (unpaired) electrons. The van der Waals surface area contributed by atoms with Crippen LogP contribution >= 0.6 is 0 Å². The van der Waals surface area contributed by atoms with E-state index in [0.29, 0.717) is 10.9 Å². The van der Waals surface area contributed by atoms with E-state index < -0.39 is 12.2 Å². The van der Waals surface area contributed by atoms with Crippen molar-refractivity contribution in [3.8, 4) is 0 Å². The number of nitro groups is 1. The molecule has 2 aliphatic rings. The fraction of sp³-hybridized carbons (Fsp3) is 0.200. The second-order valence-electron chi connectivity index (χ2n) is 7.10. The first-order valence-corrected chi connectivity index (χ1v) is 8.46. The van der Waals surface area contributed by atoms with Gasteiger partial charge in [-0.1, -0.05) is 18.2 Å². The number of fused-ring (bicyclic) bond motifs is 4. The van der Waals surface area contributed by atoms with Crippen LogP contribution in [0.2, 0.25) is 0 Å². The number of epoxide rings is 1. The molecule has 26 heavy (non-hydrogen) atoms. The average molecular weight is 347 g/mol. The number of ether oxygens (including phenoxy) is 1. The maximum atomic E-state index is 11.4. The van der Waals surface area contributed by atoms with Crippen molar-refractivity contribution in [2.45, 2.75) is 24.4 Å². The molecule has 0 amide bonds. The van der Waals surface area contributed by atoms with Crippen molar-refractivity contribution in [3.63, 3.8) is 0 Å². The van der Waals surface area contributed by atoms with Crippen molar-refractivity contribution in [3.05, 3.63) is 63.7 Å². The highest BCUT2D eigenvalue weighted by Crippen LogP contribution is 2.54. The van der Waals surface area contributed by atoms with Crippen LogP contribution in [-0.4, -0.2) is 27.3 Å². The molecule has 6 nitrogen and oxygen atoms in total. The summed E-state index contributed by atoms with van der Waals surface area (Å²) in [6, 6.07) is 12.7. The highest BCUT2D eigenvalue weighted by atomic mass is 16.6. The van der Waals surface area contributed by atoms with Gasteiger partial charge in [-0.3, -0.25) is 10.1 Å². The Morgan fingerprint density at radius 3 is 2.46 bits per heavy atom. The Balaban J connectivity index is 1.82. The first-order chi connectivity index (χ1) is 12.6. The lowest BCUT2D eigenvalue weighted by molar-refractivity contribution is -0.383. The van der Waals surface area contributed by atoms with Crippen molar-refractivity contribution < 1.29 is 19.9 Å². The highest BCUT2D eigenvalue weighted by molar-refractivity contribution is 6.25. The molecule has 128 valence electrons. The number of nitro benzene ring substituents is 1. The van der Waals surface area contributed by atoms with Gasteiger partial charge < -0.3 is 14.9 Å². The van der Waals surface area contributed by atoms with Crippen molar-refractivity contribution in [2.75, 3.05) is 0 Å². The molecule has 4 aromatic carbocycles. The van der Waals surface area contributed by atoms with Crippen molar-refractivity contribution in [1.29, 1.82) is 0 Å². The van der Waals surface area contributed by atoms with E-state index in [0.717, 1.165) is 32.5 Å². The second-order valence-corrected chi connectivity index (χ2v) is 7.10. The third kappa shape index (κ3) is 1.57. The quantitative estimate of drug-likeness (QED) is 0.238. The van der Waals surface area contributed by atoms with Crippen LogP contribution in [0.3, 0.4) is 0 Å². The molecule has 0 saturated carbocycles.